The molecule has 0 fully saturated rings. The second-order valence-corrected chi connectivity index (χ2v) is 4.10. The number of aromatic hydroxyl groups is 1. The van der Waals surface area contributed by atoms with Gasteiger partial charge in [0, 0.05) is 17.2 Å². The smallest absolute Gasteiger partial charge is 0.160 e. The first kappa shape index (κ1) is 11.6. The lowest BCUT2D eigenvalue weighted by atomic mass is 9.89. The first-order valence-corrected chi connectivity index (χ1v) is 5.65. The molecule has 1 N–H and O–H groups in total. The zero-order valence-electron chi connectivity index (χ0n) is 10.3. The van der Waals surface area contributed by atoms with Gasteiger partial charge in [-0.25, -0.2) is 0 Å². The second kappa shape index (κ2) is 4.57. The molecule has 1 unspecified atom stereocenters. The van der Waals surface area contributed by atoms with Gasteiger partial charge >= 0.3 is 0 Å². The molecule has 1 aromatic carbocycles. The summed E-state index contributed by atoms with van der Waals surface area (Å²) in [4.78, 5) is 0. The fourth-order valence-corrected chi connectivity index (χ4v) is 2.17. The van der Waals surface area contributed by atoms with Crippen LogP contribution in [0.25, 0.3) is 0 Å². The molecule has 0 bridgehead atoms. The number of nitrogens with zero attached hydrogens (tertiary/aromatic N) is 2. The topological polar surface area (TPSA) is 54.2 Å². The van der Waals surface area contributed by atoms with Crippen LogP contribution in [0.5, 0.6) is 11.5 Å². The van der Waals surface area contributed by atoms with Gasteiger partial charge in [-0.3, -0.25) is 0 Å². The van der Waals surface area contributed by atoms with Gasteiger partial charge < -0.3 is 9.84 Å². The molecule has 1 aliphatic heterocycles. The summed E-state index contributed by atoms with van der Waals surface area (Å²) in [7, 11) is 1.55. The average molecular weight is 232 g/mol. The summed E-state index contributed by atoms with van der Waals surface area (Å²) < 4.78 is 5.15. The third-order valence-corrected chi connectivity index (χ3v) is 3.08. The minimum absolute atomic E-state index is 0.132. The standard InChI is InChI=1S/C13H16N2O2/c1-4-10-8(2)15-14-7-9-5-12(16)13(17-3)6-11(9)10/h5-7,10,16H,4H2,1-3H3. The van der Waals surface area contributed by atoms with Crippen LogP contribution in [0.4, 0.5) is 0 Å². The molecular formula is C13H16N2O2. The summed E-state index contributed by atoms with van der Waals surface area (Å²) in [6.07, 6.45) is 2.62. The zero-order chi connectivity index (χ0) is 12.4. The molecule has 0 saturated carbocycles. The highest BCUT2D eigenvalue weighted by Gasteiger charge is 2.20. The van der Waals surface area contributed by atoms with Gasteiger partial charge in [0.1, 0.15) is 0 Å². The maximum Gasteiger partial charge on any atom is 0.160 e. The average Bonchev–Trinajstić information content (AvgIpc) is 2.46. The lowest BCUT2D eigenvalue weighted by Crippen LogP contribution is -2.09. The molecule has 1 aliphatic rings. The molecule has 0 radical (unpaired) electrons. The van der Waals surface area contributed by atoms with Gasteiger partial charge in [0.25, 0.3) is 0 Å². The number of methoxy groups -OCH3 is 1. The molecule has 4 heteroatoms. The van der Waals surface area contributed by atoms with E-state index < -0.39 is 0 Å². The number of hydrogen-bond donors (Lipinski definition) is 1. The van der Waals surface area contributed by atoms with Crippen molar-refractivity contribution in [1.82, 2.24) is 0 Å². The van der Waals surface area contributed by atoms with E-state index in [0.29, 0.717) is 5.75 Å². The van der Waals surface area contributed by atoms with Crippen molar-refractivity contribution in [2.75, 3.05) is 7.11 Å². The van der Waals surface area contributed by atoms with Gasteiger partial charge in [-0.05, 0) is 31.0 Å². The third kappa shape index (κ3) is 2.02. The minimum Gasteiger partial charge on any atom is -0.504 e. The van der Waals surface area contributed by atoms with Crippen LogP contribution in [0, 0.1) is 0 Å². The highest BCUT2D eigenvalue weighted by atomic mass is 16.5. The van der Waals surface area contributed by atoms with Crippen LogP contribution in [0.3, 0.4) is 0 Å². The van der Waals surface area contributed by atoms with Crippen molar-refractivity contribution in [3.05, 3.63) is 23.3 Å². The van der Waals surface area contributed by atoms with Crippen LogP contribution >= 0.6 is 0 Å². The van der Waals surface area contributed by atoms with Gasteiger partial charge in [0.15, 0.2) is 11.5 Å². The lowest BCUT2D eigenvalue weighted by Gasteiger charge is -2.17. The summed E-state index contributed by atoms with van der Waals surface area (Å²) in [5, 5.41) is 17.9. The highest BCUT2D eigenvalue weighted by Crippen LogP contribution is 2.35. The van der Waals surface area contributed by atoms with Crippen LogP contribution < -0.4 is 4.74 Å². The van der Waals surface area contributed by atoms with Gasteiger partial charge in [-0.1, -0.05) is 6.92 Å². The summed E-state index contributed by atoms with van der Waals surface area (Å²) >= 11 is 0. The van der Waals surface area contributed by atoms with Crippen LogP contribution in [0.15, 0.2) is 22.3 Å². The predicted octanol–water partition coefficient (Wildman–Crippen LogP) is 2.70. The van der Waals surface area contributed by atoms with E-state index in [1.54, 1.807) is 19.4 Å². The molecule has 1 heterocycles. The molecule has 1 atom stereocenters. The van der Waals surface area contributed by atoms with Crippen LogP contribution in [-0.4, -0.2) is 24.1 Å². The van der Waals surface area contributed by atoms with Crippen LogP contribution in [0.2, 0.25) is 0 Å². The largest absolute Gasteiger partial charge is 0.504 e. The Morgan fingerprint density at radius 3 is 2.82 bits per heavy atom. The molecule has 0 aromatic heterocycles. The Bertz CT molecular complexity index is 492. The Kier molecular flexibility index (Phi) is 3.13. The first-order chi connectivity index (χ1) is 8.17. The number of phenolic OH excluding ortho intramolecular Hbond substituents is 1. The van der Waals surface area contributed by atoms with Crippen molar-refractivity contribution in [3.63, 3.8) is 0 Å². The van der Waals surface area contributed by atoms with Crippen molar-refractivity contribution >= 4 is 11.9 Å². The number of phenols is 1. The summed E-state index contributed by atoms with van der Waals surface area (Å²) in [5.74, 6) is 0.847. The zero-order valence-corrected chi connectivity index (χ0v) is 10.3. The maximum absolute atomic E-state index is 9.76. The summed E-state index contributed by atoms with van der Waals surface area (Å²) in [6, 6.07) is 3.55. The van der Waals surface area contributed by atoms with E-state index in [2.05, 4.69) is 17.1 Å². The molecule has 1 aromatic rings. The van der Waals surface area contributed by atoms with Crippen molar-refractivity contribution in [1.29, 1.82) is 0 Å². The molecule has 0 spiro atoms. The van der Waals surface area contributed by atoms with E-state index in [1.807, 2.05) is 13.0 Å². The number of hydrogen-bond acceptors (Lipinski definition) is 4. The van der Waals surface area contributed by atoms with Gasteiger partial charge in [0.2, 0.25) is 0 Å². The maximum atomic E-state index is 9.76. The molecule has 2 rings (SSSR count). The Labute approximate surface area is 101 Å². The van der Waals surface area contributed by atoms with E-state index >= 15 is 0 Å². The Morgan fingerprint density at radius 2 is 2.18 bits per heavy atom. The summed E-state index contributed by atoms with van der Waals surface area (Å²) in [5.41, 5.74) is 2.98. The quantitative estimate of drug-likeness (QED) is 0.852. The van der Waals surface area contributed by atoms with Crippen LogP contribution in [0.1, 0.15) is 37.3 Å². The van der Waals surface area contributed by atoms with E-state index in [-0.39, 0.29) is 11.7 Å². The molecule has 0 amide bonds. The second-order valence-electron chi connectivity index (χ2n) is 4.10. The molecular weight excluding hydrogens is 216 g/mol. The first-order valence-electron chi connectivity index (χ1n) is 5.65. The third-order valence-electron chi connectivity index (χ3n) is 3.08. The predicted molar refractivity (Wildman–Crippen MR) is 68.4 cm³/mol. The van der Waals surface area contributed by atoms with E-state index in [9.17, 15) is 5.11 Å². The van der Waals surface area contributed by atoms with E-state index in [4.69, 9.17) is 4.74 Å². The SMILES string of the molecule is CCC1C(C)=NN=Cc2cc(O)c(OC)cc21. The summed E-state index contributed by atoms with van der Waals surface area (Å²) in [6.45, 7) is 4.08. The van der Waals surface area contributed by atoms with E-state index in [0.717, 1.165) is 23.3 Å². The Morgan fingerprint density at radius 1 is 1.41 bits per heavy atom. The van der Waals surface area contributed by atoms with Crippen molar-refractivity contribution < 1.29 is 9.84 Å². The molecule has 0 aliphatic carbocycles. The van der Waals surface area contributed by atoms with Crippen LogP contribution in [-0.2, 0) is 0 Å². The molecule has 4 nitrogen and oxygen atoms in total. The number of benzene rings is 1. The van der Waals surface area contributed by atoms with Gasteiger partial charge in [0.05, 0.1) is 13.3 Å². The fraction of sp³-hybridized carbons (Fsp3) is 0.385. The van der Waals surface area contributed by atoms with Crippen molar-refractivity contribution in [2.24, 2.45) is 10.2 Å². The van der Waals surface area contributed by atoms with E-state index in [1.165, 1.54) is 0 Å². The van der Waals surface area contributed by atoms with Crippen molar-refractivity contribution in [3.8, 4) is 11.5 Å². The number of rotatable bonds is 2. The lowest BCUT2D eigenvalue weighted by molar-refractivity contribution is 0.373. The number of fused-ring (bicyclic) bond motifs is 1. The van der Waals surface area contributed by atoms with Gasteiger partial charge in [-0.2, -0.15) is 10.2 Å². The Hall–Kier alpha value is -1.84. The van der Waals surface area contributed by atoms with Gasteiger partial charge in [-0.15, -0.1) is 0 Å². The minimum atomic E-state index is 0.132. The molecule has 90 valence electrons. The highest BCUT2D eigenvalue weighted by molar-refractivity contribution is 5.95. The normalized spacial score (nSPS) is 18.3. The molecule has 17 heavy (non-hydrogen) atoms. The number of ether oxygens (including phenoxy) is 1. The monoisotopic (exact) mass is 232 g/mol. The molecule has 0 saturated heterocycles. The van der Waals surface area contributed by atoms with Crippen molar-refractivity contribution in [2.45, 2.75) is 26.2 Å². The Balaban J connectivity index is 2.60. The fourth-order valence-electron chi connectivity index (χ4n) is 2.17.